The van der Waals surface area contributed by atoms with Crippen molar-refractivity contribution < 1.29 is 18.5 Å². The minimum Gasteiger partial charge on any atom is -0.374 e. The highest BCUT2D eigenvalue weighted by Gasteiger charge is 2.53. The second-order valence-electron chi connectivity index (χ2n) is 10.0. The molecule has 0 radical (unpaired) electrons. The first-order valence-electron chi connectivity index (χ1n) is 13.1. The molecule has 0 spiro atoms. The lowest BCUT2D eigenvalue weighted by Crippen LogP contribution is -2.35. The van der Waals surface area contributed by atoms with Crippen LogP contribution in [0.1, 0.15) is 44.1 Å². The normalized spacial score (nSPS) is 31.5. The van der Waals surface area contributed by atoms with E-state index < -0.39 is 14.8 Å². The lowest BCUT2D eigenvalue weighted by Gasteiger charge is -2.28. The number of benzene rings is 1. The fourth-order valence-electron chi connectivity index (χ4n) is 5.56. The molecule has 5 heterocycles. The minimum absolute atomic E-state index is 0.0134. The zero-order chi connectivity index (χ0) is 26.2. The molecule has 0 amide bonds. The van der Waals surface area contributed by atoms with Crippen LogP contribution in [0.2, 0.25) is 0 Å². The molecule has 0 N–H and O–H groups in total. The molecule has 3 aromatic rings. The quantitative estimate of drug-likeness (QED) is 0.237. The highest BCUT2D eigenvalue weighted by Crippen LogP contribution is 2.62. The molecular weight excluding hydrogens is 505 g/mol. The third kappa shape index (κ3) is 4.61. The number of ether oxygens (including phenoxy) is 2. The fraction of sp³-hybridized carbons (Fsp3) is 0.538. The lowest BCUT2D eigenvalue weighted by atomic mass is 10.0. The molecule has 7 atom stereocenters. The second-order valence-corrected chi connectivity index (χ2v) is 11.4. The summed E-state index contributed by atoms with van der Waals surface area (Å²) in [5.41, 5.74) is 2.45. The van der Waals surface area contributed by atoms with Crippen molar-refractivity contribution in [1.82, 2.24) is 29.1 Å². The van der Waals surface area contributed by atoms with Gasteiger partial charge in [0.2, 0.25) is 0 Å². The molecule has 2 aromatic heterocycles. The minimum atomic E-state index is -1.25. The first kappa shape index (κ1) is 25.7. The van der Waals surface area contributed by atoms with Crippen LogP contribution in [0.25, 0.3) is 11.2 Å². The van der Waals surface area contributed by atoms with Crippen molar-refractivity contribution in [2.45, 2.75) is 62.9 Å². The van der Waals surface area contributed by atoms with Gasteiger partial charge in [-0.1, -0.05) is 37.3 Å². The van der Waals surface area contributed by atoms with E-state index in [0.717, 1.165) is 25.8 Å². The molecular formula is C26H34N7O4P. The number of nitrogens with zero attached hydrogens (tertiary/aromatic N) is 7. The van der Waals surface area contributed by atoms with Crippen LogP contribution in [0.3, 0.4) is 0 Å². The summed E-state index contributed by atoms with van der Waals surface area (Å²) in [5, 5.41) is 0. The summed E-state index contributed by atoms with van der Waals surface area (Å²) in [6, 6.07) is 10.8. The maximum Gasteiger partial charge on any atom is 0.260 e. The Morgan fingerprint density at radius 3 is 2.79 bits per heavy atom. The summed E-state index contributed by atoms with van der Waals surface area (Å²) in [6.45, 7) is 3.08. The maximum atomic E-state index is 6.80. The number of imidazole rings is 1. The molecule has 3 aliphatic heterocycles. The zero-order valence-corrected chi connectivity index (χ0v) is 23.0. The van der Waals surface area contributed by atoms with Crippen molar-refractivity contribution in [3.05, 3.63) is 48.5 Å². The average Bonchev–Trinajstić information content (AvgIpc) is 3.71. The molecule has 6 rings (SSSR count). The Morgan fingerprint density at radius 2 is 2.03 bits per heavy atom. The van der Waals surface area contributed by atoms with Crippen molar-refractivity contribution in [3.8, 4) is 0 Å². The standard InChI is InChI=1S/C26H34N7O4P/c1-5-19-22(37-38-33-13-9-12-18(33)21(36-38)17-10-7-6-8-11-17)23(34-4)26(35-19)32-16-29-20-24(30-15-31(2)3)27-14-28-25(20)32/h6-8,10-11,14-16,18-19,21-23,26H,5,9,12-13H2,1-4H3/t18-,19-,21+,22+,23?,26-,38+/m1/s1. The van der Waals surface area contributed by atoms with Gasteiger partial charge in [-0.05, 0) is 24.8 Å². The fourth-order valence-corrected chi connectivity index (χ4v) is 7.56. The van der Waals surface area contributed by atoms with Gasteiger partial charge in [-0.25, -0.2) is 24.6 Å². The average molecular weight is 540 g/mol. The van der Waals surface area contributed by atoms with Gasteiger partial charge in [0.15, 0.2) is 23.2 Å². The van der Waals surface area contributed by atoms with Gasteiger partial charge in [-0.2, -0.15) is 0 Å². The molecule has 12 heteroatoms. The Bertz CT molecular complexity index is 1270. The first-order valence-corrected chi connectivity index (χ1v) is 14.2. The number of aliphatic imine (C=N–C) groups is 1. The van der Waals surface area contributed by atoms with E-state index in [1.165, 1.54) is 11.9 Å². The Hall–Kier alpha value is -2.53. The van der Waals surface area contributed by atoms with Crippen molar-refractivity contribution in [2.24, 2.45) is 4.99 Å². The van der Waals surface area contributed by atoms with Crippen LogP contribution >= 0.6 is 8.53 Å². The highest BCUT2D eigenvalue weighted by molar-refractivity contribution is 7.45. The predicted octanol–water partition coefficient (Wildman–Crippen LogP) is 4.22. The summed E-state index contributed by atoms with van der Waals surface area (Å²) < 4.78 is 30.3. The van der Waals surface area contributed by atoms with Gasteiger partial charge in [0, 0.05) is 33.8 Å². The van der Waals surface area contributed by atoms with E-state index in [0.29, 0.717) is 23.0 Å². The van der Waals surface area contributed by atoms with Crippen LogP contribution < -0.4 is 0 Å². The number of rotatable bonds is 8. The van der Waals surface area contributed by atoms with Crippen molar-refractivity contribution in [3.63, 3.8) is 0 Å². The molecule has 11 nitrogen and oxygen atoms in total. The van der Waals surface area contributed by atoms with E-state index in [1.54, 1.807) is 19.8 Å². The number of methoxy groups -OCH3 is 1. The molecule has 0 aliphatic carbocycles. The van der Waals surface area contributed by atoms with Crippen LogP contribution in [0.15, 0.2) is 48.0 Å². The van der Waals surface area contributed by atoms with E-state index in [9.17, 15) is 0 Å². The summed E-state index contributed by atoms with van der Waals surface area (Å²) in [5.74, 6) is 0.504. The molecule has 0 bridgehead atoms. The summed E-state index contributed by atoms with van der Waals surface area (Å²) in [4.78, 5) is 19.7. The van der Waals surface area contributed by atoms with Gasteiger partial charge in [0.25, 0.3) is 8.53 Å². The monoisotopic (exact) mass is 539 g/mol. The smallest absolute Gasteiger partial charge is 0.260 e. The number of aromatic nitrogens is 4. The van der Waals surface area contributed by atoms with Gasteiger partial charge in [-0.3, -0.25) is 4.57 Å². The van der Waals surface area contributed by atoms with E-state index in [-0.39, 0.29) is 24.4 Å². The Kier molecular flexibility index (Phi) is 7.39. The van der Waals surface area contributed by atoms with E-state index >= 15 is 0 Å². The molecule has 3 aliphatic rings. The van der Waals surface area contributed by atoms with E-state index in [1.807, 2.05) is 29.6 Å². The SMILES string of the molecule is CC[C@H]1O[C@@H](n2cnc3c(N=CN(C)C)ncnc32)C(OC)[C@H]1O[P@]1O[C@@H](c2ccccc2)[C@H]2CCCN21. The lowest BCUT2D eigenvalue weighted by molar-refractivity contribution is -0.0493. The Morgan fingerprint density at radius 1 is 1.18 bits per heavy atom. The van der Waals surface area contributed by atoms with E-state index in [4.69, 9.17) is 18.5 Å². The number of hydrogen-bond donors (Lipinski definition) is 0. The summed E-state index contributed by atoms with van der Waals surface area (Å²) in [7, 11) is 4.26. The highest BCUT2D eigenvalue weighted by atomic mass is 31.2. The molecule has 0 saturated carbocycles. The van der Waals surface area contributed by atoms with Gasteiger partial charge < -0.3 is 23.4 Å². The zero-order valence-electron chi connectivity index (χ0n) is 22.1. The topological polar surface area (TPSA) is 99.4 Å². The van der Waals surface area contributed by atoms with Crippen LogP contribution in [-0.4, -0.2) is 87.5 Å². The van der Waals surface area contributed by atoms with Crippen LogP contribution in [0.4, 0.5) is 5.82 Å². The Labute approximate surface area is 223 Å². The molecule has 1 unspecified atom stereocenters. The van der Waals surface area contributed by atoms with Gasteiger partial charge in [0.05, 0.1) is 18.8 Å². The molecule has 1 aromatic carbocycles. The molecule has 3 saturated heterocycles. The number of hydrogen-bond acceptors (Lipinski definition) is 9. The molecule has 38 heavy (non-hydrogen) atoms. The molecule has 202 valence electrons. The predicted molar refractivity (Wildman–Crippen MR) is 144 cm³/mol. The van der Waals surface area contributed by atoms with E-state index in [2.05, 4.69) is 55.8 Å². The second kappa shape index (κ2) is 10.9. The van der Waals surface area contributed by atoms with Crippen molar-refractivity contribution >= 4 is 31.8 Å². The largest absolute Gasteiger partial charge is 0.374 e. The van der Waals surface area contributed by atoms with Crippen LogP contribution in [0.5, 0.6) is 0 Å². The van der Waals surface area contributed by atoms with Crippen molar-refractivity contribution in [1.29, 1.82) is 0 Å². The van der Waals surface area contributed by atoms with Gasteiger partial charge in [0.1, 0.15) is 24.6 Å². The van der Waals surface area contributed by atoms with Crippen molar-refractivity contribution in [2.75, 3.05) is 27.7 Å². The maximum absolute atomic E-state index is 6.80. The van der Waals surface area contributed by atoms with Gasteiger partial charge >= 0.3 is 0 Å². The number of fused-ring (bicyclic) bond motifs is 2. The molecule has 3 fully saturated rings. The van der Waals surface area contributed by atoms with Crippen LogP contribution in [0, 0.1) is 0 Å². The summed E-state index contributed by atoms with van der Waals surface area (Å²) in [6.07, 6.45) is 6.65. The summed E-state index contributed by atoms with van der Waals surface area (Å²) >= 11 is 0. The third-order valence-electron chi connectivity index (χ3n) is 7.36. The van der Waals surface area contributed by atoms with Crippen LogP contribution in [-0.2, 0) is 18.5 Å². The third-order valence-corrected chi connectivity index (χ3v) is 9.10. The Balaban J connectivity index is 1.27. The van der Waals surface area contributed by atoms with Gasteiger partial charge in [-0.15, -0.1) is 0 Å². The first-order chi connectivity index (χ1) is 18.6.